The smallest absolute Gasteiger partial charge is 0.0719 e. The average molecular weight is 147 g/mol. The Morgan fingerprint density at radius 1 is 1.50 bits per heavy atom. The quantitative estimate of drug-likeness (QED) is 0.591. The highest BCUT2D eigenvalue weighted by Crippen LogP contribution is 1.96. The molecule has 0 fully saturated rings. The number of aliphatic hydroxyl groups is 1. The zero-order valence-electron chi connectivity index (χ0n) is 7.00. The predicted molar refractivity (Wildman–Crippen MR) is 41.1 cm³/mol. The Labute approximate surface area is 62.6 Å². The Balaban J connectivity index is 3.39. The van der Waals surface area contributed by atoms with Gasteiger partial charge < -0.3 is 14.7 Å². The van der Waals surface area contributed by atoms with Crippen LogP contribution in [0, 0.1) is 0 Å². The number of ether oxygens (including phenoxy) is 1. The molecule has 0 spiro atoms. The second-order valence-corrected chi connectivity index (χ2v) is 2.63. The summed E-state index contributed by atoms with van der Waals surface area (Å²) in [6.45, 7) is 1.07. The van der Waals surface area contributed by atoms with Crippen molar-refractivity contribution in [2.24, 2.45) is 0 Å². The van der Waals surface area contributed by atoms with E-state index < -0.39 is 0 Å². The zero-order valence-corrected chi connectivity index (χ0v) is 7.00. The molecule has 0 aliphatic rings. The zero-order chi connectivity index (χ0) is 7.98. The Kier molecular flexibility index (Phi) is 5.58. The van der Waals surface area contributed by atoms with Crippen LogP contribution in [0.1, 0.15) is 6.42 Å². The maximum Gasteiger partial charge on any atom is 0.0719 e. The molecular formula is C7H17NO2. The number of hydrogen-bond donors (Lipinski definition) is 1. The number of likely N-dealkylation sites (N-methyl/N-ethyl adjacent to an activating group) is 1. The molecule has 0 bridgehead atoms. The molecule has 0 aliphatic carbocycles. The molecule has 0 aromatic rings. The molecule has 1 atom stereocenters. The lowest BCUT2D eigenvalue weighted by molar-refractivity contribution is 0.0574. The van der Waals surface area contributed by atoms with Gasteiger partial charge in [-0.3, -0.25) is 0 Å². The van der Waals surface area contributed by atoms with Crippen molar-refractivity contribution in [1.82, 2.24) is 4.90 Å². The third kappa shape index (κ3) is 4.73. The van der Waals surface area contributed by atoms with Crippen molar-refractivity contribution < 1.29 is 9.84 Å². The topological polar surface area (TPSA) is 32.7 Å². The number of aliphatic hydroxyl groups excluding tert-OH is 1. The summed E-state index contributed by atoms with van der Waals surface area (Å²) in [6, 6.07) is 0. The van der Waals surface area contributed by atoms with Crippen LogP contribution < -0.4 is 0 Å². The van der Waals surface area contributed by atoms with E-state index in [4.69, 9.17) is 9.84 Å². The molecule has 1 unspecified atom stereocenters. The van der Waals surface area contributed by atoms with Gasteiger partial charge in [0.1, 0.15) is 0 Å². The van der Waals surface area contributed by atoms with Crippen LogP contribution in [0.25, 0.3) is 0 Å². The Bertz CT molecular complexity index is 76.0. The molecule has 0 amide bonds. The van der Waals surface area contributed by atoms with Crippen molar-refractivity contribution in [3.8, 4) is 0 Å². The van der Waals surface area contributed by atoms with Crippen molar-refractivity contribution >= 4 is 0 Å². The third-order valence-electron chi connectivity index (χ3n) is 1.35. The van der Waals surface area contributed by atoms with Crippen LogP contribution in [-0.4, -0.2) is 50.5 Å². The minimum atomic E-state index is 0.167. The molecule has 0 aliphatic heterocycles. The van der Waals surface area contributed by atoms with Crippen LogP contribution in [0.2, 0.25) is 0 Å². The molecule has 1 N–H and O–H groups in total. The summed E-state index contributed by atoms with van der Waals surface area (Å²) >= 11 is 0. The summed E-state index contributed by atoms with van der Waals surface area (Å²) in [5, 5.41) is 8.58. The minimum Gasteiger partial charge on any atom is -0.396 e. The number of hydrogen-bond acceptors (Lipinski definition) is 3. The first kappa shape index (κ1) is 9.88. The summed E-state index contributed by atoms with van der Waals surface area (Å²) in [6.07, 6.45) is 0.884. The molecule has 0 saturated heterocycles. The van der Waals surface area contributed by atoms with Gasteiger partial charge in [-0.25, -0.2) is 0 Å². The fraction of sp³-hybridized carbons (Fsp3) is 1.00. The van der Waals surface area contributed by atoms with Crippen LogP contribution in [0.4, 0.5) is 0 Å². The summed E-state index contributed by atoms with van der Waals surface area (Å²) in [5.74, 6) is 0. The van der Waals surface area contributed by atoms with E-state index in [1.165, 1.54) is 0 Å². The first-order valence-corrected chi connectivity index (χ1v) is 3.49. The maximum atomic E-state index is 8.58. The van der Waals surface area contributed by atoms with Gasteiger partial charge >= 0.3 is 0 Å². The highest BCUT2D eigenvalue weighted by molar-refractivity contribution is 4.59. The minimum absolute atomic E-state index is 0.167. The Morgan fingerprint density at radius 2 is 2.10 bits per heavy atom. The molecule has 3 heteroatoms. The fourth-order valence-corrected chi connectivity index (χ4v) is 0.835. The fourth-order valence-electron chi connectivity index (χ4n) is 0.835. The maximum absolute atomic E-state index is 8.58. The molecular weight excluding hydrogens is 130 g/mol. The van der Waals surface area contributed by atoms with E-state index in [2.05, 4.69) is 0 Å². The van der Waals surface area contributed by atoms with Gasteiger partial charge in [0.05, 0.1) is 6.10 Å². The van der Waals surface area contributed by atoms with Crippen molar-refractivity contribution in [2.45, 2.75) is 12.5 Å². The monoisotopic (exact) mass is 147 g/mol. The molecule has 62 valence electrons. The number of rotatable bonds is 5. The van der Waals surface area contributed by atoms with E-state index >= 15 is 0 Å². The van der Waals surface area contributed by atoms with Gasteiger partial charge in [-0.2, -0.15) is 0 Å². The highest BCUT2D eigenvalue weighted by atomic mass is 16.5. The summed E-state index contributed by atoms with van der Waals surface area (Å²) in [4.78, 5) is 2.05. The van der Waals surface area contributed by atoms with E-state index in [1.54, 1.807) is 7.11 Å². The van der Waals surface area contributed by atoms with Gasteiger partial charge in [0.2, 0.25) is 0 Å². The standard InChI is InChI=1S/C7H17NO2/c1-8(2)6-7(10-3)4-5-9/h7,9H,4-6H2,1-3H3. The van der Waals surface area contributed by atoms with Gasteiger partial charge in [0, 0.05) is 20.3 Å². The highest BCUT2D eigenvalue weighted by Gasteiger charge is 2.06. The van der Waals surface area contributed by atoms with Crippen LogP contribution in [0.15, 0.2) is 0 Å². The van der Waals surface area contributed by atoms with Crippen molar-refractivity contribution in [3.63, 3.8) is 0 Å². The average Bonchev–Trinajstić information content (AvgIpc) is 1.86. The lowest BCUT2D eigenvalue weighted by Gasteiger charge is -2.18. The van der Waals surface area contributed by atoms with Crippen LogP contribution in [-0.2, 0) is 4.74 Å². The van der Waals surface area contributed by atoms with E-state index in [-0.39, 0.29) is 12.7 Å². The molecule has 10 heavy (non-hydrogen) atoms. The summed E-state index contributed by atoms with van der Waals surface area (Å²) < 4.78 is 5.10. The Hall–Kier alpha value is -0.120. The summed E-state index contributed by atoms with van der Waals surface area (Å²) in [7, 11) is 5.65. The molecule has 0 radical (unpaired) electrons. The first-order valence-electron chi connectivity index (χ1n) is 3.49. The van der Waals surface area contributed by atoms with E-state index in [0.29, 0.717) is 6.42 Å². The third-order valence-corrected chi connectivity index (χ3v) is 1.35. The second kappa shape index (κ2) is 5.65. The lowest BCUT2D eigenvalue weighted by Crippen LogP contribution is -2.28. The van der Waals surface area contributed by atoms with Gasteiger partial charge in [-0.05, 0) is 20.5 Å². The van der Waals surface area contributed by atoms with E-state index in [1.807, 2.05) is 19.0 Å². The van der Waals surface area contributed by atoms with Crippen molar-refractivity contribution in [2.75, 3.05) is 34.4 Å². The molecule has 0 aromatic heterocycles. The SMILES string of the molecule is COC(CCO)CN(C)C. The first-order chi connectivity index (χ1) is 4.70. The number of methoxy groups -OCH3 is 1. The van der Waals surface area contributed by atoms with Gasteiger partial charge in [-0.1, -0.05) is 0 Å². The second-order valence-electron chi connectivity index (χ2n) is 2.63. The van der Waals surface area contributed by atoms with Crippen LogP contribution >= 0.6 is 0 Å². The van der Waals surface area contributed by atoms with Crippen LogP contribution in [0.5, 0.6) is 0 Å². The van der Waals surface area contributed by atoms with E-state index in [0.717, 1.165) is 6.54 Å². The van der Waals surface area contributed by atoms with Gasteiger partial charge in [0.25, 0.3) is 0 Å². The Morgan fingerprint density at radius 3 is 2.40 bits per heavy atom. The van der Waals surface area contributed by atoms with E-state index in [9.17, 15) is 0 Å². The predicted octanol–water partition coefficient (Wildman–Crippen LogP) is -0.0546. The van der Waals surface area contributed by atoms with Crippen molar-refractivity contribution in [1.29, 1.82) is 0 Å². The summed E-state index contributed by atoms with van der Waals surface area (Å²) in [5.41, 5.74) is 0. The lowest BCUT2D eigenvalue weighted by atomic mass is 10.2. The molecule has 3 nitrogen and oxygen atoms in total. The normalized spacial score (nSPS) is 14.1. The van der Waals surface area contributed by atoms with Gasteiger partial charge in [-0.15, -0.1) is 0 Å². The van der Waals surface area contributed by atoms with Gasteiger partial charge in [0.15, 0.2) is 0 Å². The number of nitrogens with zero attached hydrogens (tertiary/aromatic N) is 1. The molecule has 0 saturated carbocycles. The molecule has 0 heterocycles. The van der Waals surface area contributed by atoms with Crippen molar-refractivity contribution in [3.05, 3.63) is 0 Å². The molecule has 0 aromatic carbocycles. The van der Waals surface area contributed by atoms with Crippen LogP contribution in [0.3, 0.4) is 0 Å². The largest absolute Gasteiger partial charge is 0.396 e. The molecule has 0 rings (SSSR count).